The molecule has 2 aromatic rings. The third-order valence-electron chi connectivity index (χ3n) is 5.50. The van der Waals surface area contributed by atoms with Crippen LogP contribution in [0.25, 0.3) is 0 Å². The lowest BCUT2D eigenvalue weighted by atomic mass is 10.1. The lowest BCUT2D eigenvalue weighted by Gasteiger charge is -2.17. The molecule has 1 aromatic heterocycles. The maximum Gasteiger partial charge on any atom is 0.418 e. The van der Waals surface area contributed by atoms with Crippen LogP contribution in [0.3, 0.4) is 0 Å². The minimum absolute atomic E-state index is 0.0116. The highest BCUT2D eigenvalue weighted by atomic mass is 19.4. The zero-order valence-corrected chi connectivity index (χ0v) is 19.2. The predicted molar refractivity (Wildman–Crippen MR) is 118 cm³/mol. The lowest BCUT2D eigenvalue weighted by molar-refractivity contribution is -0.137. The molecular formula is C23H29F3N4O3. The average Bonchev–Trinajstić information content (AvgIpc) is 3.33. The molecule has 1 fully saturated rings. The molecule has 1 unspecified atom stereocenters. The van der Waals surface area contributed by atoms with Crippen molar-refractivity contribution in [2.75, 3.05) is 17.2 Å². The molecule has 7 nitrogen and oxygen atoms in total. The van der Waals surface area contributed by atoms with Gasteiger partial charge in [0.15, 0.2) is 0 Å². The number of carbonyl (C=O) groups is 2. The second-order valence-electron chi connectivity index (χ2n) is 8.70. The van der Waals surface area contributed by atoms with Crippen molar-refractivity contribution in [2.45, 2.75) is 65.8 Å². The van der Waals surface area contributed by atoms with Crippen LogP contribution < -0.4 is 10.6 Å². The highest BCUT2D eigenvalue weighted by molar-refractivity contribution is 5.96. The fraction of sp³-hybridized carbons (Fsp3) is 0.522. The van der Waals surface area contributed by atoms with Gasteiger partial charge in [-0.3, -0.25) is 14.3 Å². The molecule has 10 heteroatoms. The van der Waals surface area contributed by atoms with E-state index in [9.17, 15) is 22.8 Å². The molecule has 0 spiro atoms. The third-order valence-corrected chi connectivity index (χ3v) is 5.50. The number of nitrogens with one attached hydrogen (secondary N) is 2. The van der Waals surface area contributed by atoms with Crippen LogP contribution in [0, 0.1) is 19.8 Å². The summed E-state index contributed by atoms with van der Waals surface area (Å²) in [6, 6.07) is 3.29. The summed E-state index contributed by atoms with van der Waals surface area (Å²) in [7, 11) is 0. The van der Waals surface area contributed by atoms with E-state index in [2.05, 4.69) is 15.7 Å². The number of anilines is 2. The maximum atomic E-state index is 13.7. The van der Waals surface area contributed by atoms with Gasteiger partial charge in [0, 0.05) is 30.1 Å². The summed E-state index contributed by atoms with van der Waals surface area (Å²) < 4.78 is 48.2. The van der Waals surface area contributed by atoms with Crippen molar-refractivity contribution in [1.29, 1.82) is 0 Å². The summed E-state index contributed by atoms with van der Waals surface area (Å²) in [6.07, 6.45) is -4.22. The summed E-state index contributed by atoms with van der Waals surface area (Å²) in [5.41, 5.74) is 0.771. The first-order valence-electron chi connectivity index (χ1n) is 10.9. The summed E-state index contributed by atoms with van der Waals surface area (Å²) in [4.78, 5) is 24.8. The van der Waals surface area contributed by atoms with Gasteiger partial charge in [0.2, 0.25) is 5.91 Å². The molecule has 1 aliphatic heterocycles. The van der Waals surface area contributed by atoms with E-state index in [1.54, 1.807) is 6.92 Å². The molecule has 180 valence electrons. The van der Waals surface area contributed by atoms with Crippen LogP contribution in [0.15, 0.2) is 18.2 Å². The largest absolute Gasteiger partial charge is 0.418 e. The maximum absolute atomic E-state index is 13.7. The van der Waals surface area contributed by atoms with E-state index in [0.717, 1.165) is 24.2 Å². The van der Waals surface area contributed by atoms with Crippen molar-refractivity contribution in [3.63, 3.8) is 0 Å². The minimum Gasteiger partial charge on any atom is -0.368 e. The van der Waals surface area contributed by atoms with Crippen LogP contribution in [0.5, 0.6) is 0 Å². The number of amides is 2. The van der Waals surface area contributed by atoms with E-state index in [-0.39, 0.29) is 17.8 Å². The van der Waals surface area contributed by atoms with E-state index in [1.807, 2.05) is 25.5 Å². The van der Waals surface area contributed by atoms with Crippen LogP contribution in [-0.4, -0.2) is 34.3 Å². The second-order valence-corrected chi connectivity index (χ2v) is 8.70. The Hall–Kier alpha value is -2.88. The number of halogens is 3. The quantitative estimate of drug-likeness (QED) is 0.631. The van der Waals surface area contributed by atoms with Crippen molar-refractivity contribution in [3.8, 4) is 0 Å². The highest BCUT2D eigenvalue weighted by Gasteiger charge is 2.35. The number of ether oxygens (including phenoxy) is 1. The number of benzene rings is 1. The Morgan fingerprint density at radius 2 is 1.97 bits per heavy atom. The summed E-state index contributed by atoms with van der Waals surface area (Å²) in [6.45, 7) is 8.86. The number of rotatable bonds is 7. The Bertz CT molecular complexity index is 1020. The molecule has 0 saturated carbocycles. The van der Waals surface area contributed by atoms with Crippen LogP contribution >= 0.6 is 0 Å². The van der Waals surface area contributed by atoms with Gasteiger partial charge in [0.25, 0.3) is 5.91 Å². The molecule has 1 atom stereocenters. The SMILES string of the molecule is Cc1nn(CC(C)C)c(C)c1CC(=O)Nc1ccc(NC(=O)C2CCCO2)cc1C(F)(F)F. The van der Waals surface area contributed by atoms with E-state index in [4.69, 9.17) is 4.74 Å². The molecule has 0 bridgehead atoms. The number of hydrogen-bond donors (Lipinski definition) is 2. The average molecular weight is 467 g/mol. The molecule has 33 heavy (non-hydrogen) atoms. The van der Waals surface area contributed by atoms with Crippen molar-refractivity contribution in [3.05, 3.63) is 40.7 Å². The first-order valence-corrected chi connectivity index (χ1v) is 10.9. The molecule has 0 radical (unpaired) electrons. The van der Waals surface area contributed by atoms with Crippen LogP contribution in [0.4, 0.5) is 24.5 Å². The normalized spacial score (nSPS) is 16.3. The van der Waals surface area contributed by atoms with Crippen molar-refractivity contribution >= 4 is 23.2 Å². The van der Waals surface area contributed by atoms with Crippen LogP contribution in [0.1, 0.15) is 49.2 Å². The van der Waals surface area contributed by atoms with E-state index in [0.29, 0.717) is 36.7 Å². The number of hydrogen-bond acceptors (Lipinski definition) is 4. The molecule has 2 amide bonds. The monoisotopic (exact) mass is 466 g/mol. The Labute approximate surface area is 190 Å². The Balaban J connectivity index is 1.76. The number of aryl methyl sites for hydroxylation is 1. The van der Waals surface area contributed by atoms with Crippen molar-refractivity contribution in [2.24, 2.45) is 5.92 Å². The zero-order valence-electron chi connectivity index (χ0n) is 19.2. The van der Waals surface area contributed by atoms with Gasteiger partial charge in [-0.2, -0.15) is 18.3 Å². The molecule has 1 aromatic carbocycles. The predicted octanol–water partition coefficient (Wildman–Crippen LogP) is 4.47. The highest BCUT2D eigenvalue weighted by Crippen LogP contribution is 2.37. The number of carbonyl (C=O) groups excluding carboxylic acids is 2. The van der Waals surface area contributed by atoms with Gasteiger partial charge >= 0.3 is 6.18 Å². The first kappa shape index (κ1) is 24.8. The first-order chi connectivity index (χ1) is 15.5. The van der Waals surface area contributed by atoms with Crippen molar-refractivity contribution < 1.29 is 27.5 Å². The third kappa shape index (κ3) is 6.13. The topological polar surface area (TPSA) is 85.3 Å². The van der Waals surface area contributed by atoms with Crippen LogP contribution in [0.2, 0.25) is 0 Å². The van der Waals surface area contributed by atoms with Gasteiger partial charge in [-0.15, -0.1) is 0 Å². The number of nitrogens with zero attached hydrogens (tertiary/aromatic N) is 2. The van der Waals surface area contributed by atoms with Gasteiger partial charge in [-0.25, -0.2) is 0 Å². The van der Waals surface area contributed by atoms with Gasteiger partial charge in [-0.05, 0) is 50.8 Å². The molecule has 2 N–H and O–H groups in total. The fourth-order valence-corrected chi connectivity index (χ4v) is 3.84. The van der Waals surface area contributed by atoms with Gasteiger partial charge in [-0.1, -0.05) is 13.8 Å². The molecule has 1 aliphatic rings. The fourth-order valence-electron chi connectivity index (χ4n) is 3.84. The van der Waals surface area contributed by atoms with E-state index < -0.39 is 29.7 Å². The number of aromatic nitrogens is 2. The molecular weight excluding hydrogens is 437 g/mol. The zero-order chi connectivity index (χ0) is 24.3. The molecule has 2 heterocycles. The number of alkyl halides is 3. The van der Waals surface area contributed by atoms with Gasteiger partial charge in [0.05, 0.1) is 23.4 Å². The Morgan fingerprint density at radius 3 is 2.58 bits per heavy atom. The molecule has 0 aliphatic carbocycles. The van der Waals surface area contributed by atoms with Gasteiger partial charge in [0.1, 0.15) is 6.10 Å². The lowest BCUT2D eigenvalue weighted by Crippen LogP contribution is -2.27. The standard InChI is InChI=1S/C23H29F3N4O3/c1-13(2)12-30-15(4)17(14(3)29-30)11-21(31)28-19-8-7-16(10-18(19)23(24,25)26)27-22(32)20-6-5-9-33-20/h7-8,10,13,20H,5-6,9,11-12H2,1-4H3,(H,27,32)(H,28,31). The van der Waals surface area contributed by atoms with E-state index in [1.165, 1.54) is 6.07 Å². The smallest absolute Gasteiger partial charge is 0.368 e. The molecule has 1 saturated heterocycles. The summed E-state index contributed by atoms with van der Waals surface area (Å²) in [5.74, 6) is -0.702. The van der Waals surface area contributed by atoms with Crippen LogP contribution in [-0.2, 0) is 33.5 Å². The minimum atomic E-state index is -4.72. The Morgan fingerprint density at radius 1 is 1.24 bits per heavy atom. The van der Waals surface area contributed by atoms with E-state index >= 15 is 0 Å². The second kappa shape index (κ2) is 9.94. The van der Waals surface area contributed by atoms with Gasteiger partial charge < -0.3 is 15.4 Å². The van der Waals surface area contributed by atoms with Crippen molar-refractivity contribution in [1.82, 2.24) is 9.78 Å². The summed E-state index contributed by atoms with van der Waals surface area (Å²) in [5, 5.41) is 9.28. The Kier molecular flexibility index (Phi) is 7.46. The summed E-state index contributed by atoms with van der Waals surface area (Å²) >= 11 is 0. The molecule has 3 rings (SSSR count).